The van der Waals surface area contributed by atoms with Crippen molar-refractivity contribution >= 4 is 101 Å². The van der Waals surface area contributed by atoms with Crippen molar-refractivity contribution in [2.24, 2.45) is 5.92 Å². The van der Waals surface area contributed by atoms with E-state index in [0.717, 1.165) is 33.1 Å². The van der Waals surface area contributed by atoms with Crippen molar-refractivity contribution < 1.29 is 130 Å². The van der Waals surface area contributed by atoms with Crippen LogP contribution in [-0.2, 0) is 102 Å². The lowest BCUT2D eigenvalue weighted by Gasteiger charge is -2.29. The molecule has 44 heteroatoms. The van der Waals surface area contributed by atoms with E-state index in [9.17, 15) is 67.7 Å². The molecule has 2 rings (SSSR count). The molecule has 1 aromatic carbocycles. The summed E-state index contributed by atoms with van der Waals surface area (Å²) >= 11 is 0. The third-order valence-corrected chi connectivity index (χ3v) is 19.0. The van der Waals surface area contributed by atoms with Crippen LogP contribution in [0.15, 0.2) is 30.3 Å². The van der Waals surface area contributed by atoms with Gasteiger partial charge in [0.05, 0.1) is 45.2 Å². The average molecular weight is 1910 g/mol. The van der Waals surface area contributed by atoms with Crippen LogP contribution in [0.2, 0.25) is 0 Å². The Bertz CT molecular complexity index is 3900. The van der Waals surface area contributed by atoms with Crippen molar-refractivity contribution in [1.29, 1.82) is 0 Å². The first-order valence-corrected chi connectivity index (χ1v) is 46.1. The van der Waals surface area contributed by atoms with Crippen LogP contribution < -0.4 is 90.4 Å². The van der Waals surface area contributed by atoms with E-state index in [4.69, 9.17) is 37.9 Å². The minimum atomic E-state index is -2.06. The summed E-state index contributed by atoms with van der Waals surface area (Å²) in [6, 6.07) is -11.2. The number of nitrogens with one attached hydrogen (secondary N) is 17. The van der Waals surface area contributed by atoms with Gasteiger partial charge in [-0.05, 0) is 187 Å². The first kappa shape index (κ1) is 119. The molecule has 13 atom stereocenters. The number of amides is 17. The largest absolute Gasteiger partial charge is 0.444 e. The fraction of sp³-hybridized carbons (Fsp3) is 0.744. The van der Waals surface area contributed by atoms with Crippen LogP contribution in [0.5, 0.6) is 0 Å². The molecule has 1 aliphatic heterocycles. The van der Waals surface area contributed by atoms with Gasteiger partial charge in [0.15, 0.2) is 0 Å². The summed E-state index contributed by atoms with van der Waals surface area (Å²) in [7, 11) is 0. The number of hydrogen-bond donors (Lipinski definition) is 19. The number of alkyl carbamates (subject to hydrolysis) is 5. The Balaban J connectivity index is 3.11. The molecule has 1 heterocycles. The molecule has 0 bridgehead atoms. The van der Waals surface area contributed by atoms with Crippen LogP contribution in [0.3, 0.4) is 0 Å². The van der Waals surface area contributed by atoms with E-state index >= 15 is 24.0 Å². The Kier molecular flexibility index (Phi) is 53.7. The van der Waals surface area contributed by atoms with E-state index in [1.165, 1.54) is 0 Å². The number of carbonyl (C=O) groups is 17. The molecule has 19 N–H and O–H groups in total. The fourth-order valence-electron chi connectivity index (χ4n) is 12.6. The van der Waals surface area contributed by atoms with Gasteiger partial charge in [-0.25, -0.2) is 24.0 Å². The lowest BCUT2D eigenvalue weighted by Crippen LogP contribution is -2.62. The van der Waals surface area contributed by atoms with Gasteiger partial charge < -0.3 is 138 Å². The lowest BCUT2D eigenvalue weighted by molar-refractivity contribution is -0.137. The number of rotatable bonds is 46. The highest BCUT2D eigenvalue weighted by Crippen LogP contribution is 2.17. The van der Waals surface area contributed by atoms with E-state index in [-0.39, 0.29) is 58.6 Å². The Labute approximate surface area is 787 Å². The quantitative estimate of drug-likeness (QED) is 0.0329. The number of benzene rings is 1. The number of ether oxygens (including phenoxy) is 8. The number of unbranched alkanes of at least 4 members (excludes halogenated alkanes) is 3. The molecule has 134 heavy (non-hydrogen) atoms. The van der Waals surface area contributed by atoms with E-state index in [0.29, 0.717) is 38.2 Å². The van der Waals surface area contributed by atoms with Crippen LogP contribution in [0, 0.1) is 5.92 Å². The first-order valence-electron chi connectivity index (χ1n) is 46.1. The van der Waals surface area contributed by atoms with Gasteiger partial charge in [-0.15, -0.1) is 0 Å². The minimum Gasteiger partial charge on any atom is -0.444 e. The molecule has 0 unspecified atom stereocenters. The van der Waals surface area contributed by atoms with Crippen molar-refractivity contribution in [2.75, 3.05) is 78.9 Å². The number of hydrogen-bond acceptors (Lipinski definition) is 27. The molecule has 0 spiro atoms. The molecule has 762 valence electrons. The number of carbonyl (C=O) groups excluding carboxylic acids is 17. The molecule has 0 aromatic heterocycles. The highest BCUT2D eigenvalue weighted by atomic mass is 16.6. The van der Waals surface area contributed by atoms with Gasteiger partial charge in [0.25, 0.3) is 0 Å². The van der Waals surface area contributed by atoms with E-state index in [1.54, 1.807) is 148 Å². The van der Waals surface area contributed by atoms with E-state index in [2.05, 4.69) is 90.4 Å². The smallest absolute Gasteiger partial charge is 0.407 e. The topological polar surface area (TPSA) is 609 Å². The van der Waals surface area contributed by atoms with Crippen LogP contribution >= 0.6 is 0 Å². The van der Waals surface area contributed by atoms with Crippen LogP contribution in [0.1, 0.15) is 241 Å². The van der Waals surface area contributed by atoms with Gasteiger partial charge in [-0.2, -0.15) is 0 Å². The molecule has 1 fully saturated rings. The Morgan fingerprint density at radius 3 is 1.22 bits per heavy atom. The molecular formula is C90H155N17O27. The first-order chi connectivity index (χ1) is 62.5. The molecule has 0 radical (unpaired) electrons. The van der Waals surface area contributed by atoms with Gasteiger partial charge in [0.2, 0.25) is 70.9 Å². The van der Waals surface area contributed by atoms with Gasteiger partial charge in [0, 0.05) is 58.7 Å². The minimum absolute atomic E-state index is 0.0502. The van der Waals surface area contributed by atoms with Crippen LogP contribution in [0.25, 0.3) is 0 Å². The summed E-state index contributed by atoms with van der Waals surface area (Å²) in [6.07, 6.45) is -8.57. The maximum Gasteiger partial charge on any atom is 0.407 e. The van der Waals surface area contributed by atoms with Crippen molar-refractivity contribution in [3.8, 4) is 0 Å². The van der Waals surface area contributed by atoms with E-state index < -0.39 is 279 Å². The predicted molar refractivity (Wildman–Crippen MR) is 492 cm³/mol. The van der Waals surface area contributed by atoms with Gasteiger partial charge in [-0.1, -0.05) is 83.7 Å². The third-order valence-electron chi connectivity index (χ3n) is 19.0. The van der Waals surface area contributed by atoms with Crippen LogP contribution in [-0.4, -0.2) is 297 Å². The standard InChI is InChI=1S/C90H155N17O27/c1-22-24-25-29-32-58(97-67(110)39-47-128-49-51-129-50-48-127-46-23-2)70(111)100-64(38-45-96-85(126)134-90(19,20)21)76(117)107-69(56(6)109)80(121)103-62(36-43-94-83(124)132-88(13,14)15)73(114)98-59-33-40-91-79(120)68(55(5)108)106-75(116)63(37-44-95-84(125)133-89(16,17)18)101-72(113)60(34-41-92-81(122)130-86(7,8)9)102-77(118)65(52-54(3)4)104-78(119)66(53-57-30-27-26-28-31-57)105-74(115)61(99-71(59)112)35-42-93-82(123)131-87(10,11)12/h26-28,30-31,54-56,58-66,68-69,108-109H,22-25,29,32-53H2,1-21H3,(H,91,120)(H,92,122)(H,93,123)(H,94,124)(H,95,125)(H,96,126)(H,97,110)(H,98,114)(H,99,112)(H,100,111)(H,101,113)(H,102,118)(H,103,121)(H,104,119)(H,105,115)(H,106,116)(H,107,117)/t55-,56-,58+,59+,60+,61+,62+,63+,64+,65+,66-,68+,69+/m1/s1. The third kappa shape index (κ3) is 53.8. The summed E-state index contributed by atoms with van der Waals surface area (Å²) in [5.74, 6) is -13.4. The molecule has 1 saturated heterocycles. The summed E-state index contributed by atoms with van der Waals surface area (Å²) in [5, 5.41) is 66.2. The molecular weight excluding hydrogens is 1750 g/mol. The zero-order valence-electron chi connectivity index (χ0n) is 82.2. The SMILES string of the molecule is CCCCCC[C@H](NC(=O)CCOCCOCCOCCC)C(=O)N[C@@H](CCNC(=O)OC(C)(C)C)C(=O)N[C@H](C(=O)N[C@@H](CCNC(=O)OC(C)(C)C)C(=O)N[C@H]1CCNC(=O)[C@H]([C@@H](C)O)NC(=O)[C@H](CCNC(=O)OC(C)(C)C)NC(=O)[C@H](CCNC(=O)OC(C)(C)C)NC(=O)[C@H](CC(C)C)NC(=O)[C@@H](Cc2ccccc2)NC(=O)[C@H](CCNC(=O)OC(C)(C)C)NC1=O)[C@@H](C)O. The maximum atomic E-state index is 15.5. The highest BCUT2D eigenvalue weighted by Gasteiger charge is 2.40. The highest BCUT2D eigenvalue weighted by molar-refractivity contribution is 6.00. The summed E-state index contributed by atoms with van der Waals surface area (Å²) in [4.78, 5) is 245. The summed E-state index contributed by atoms with van der Waals surface area (Å²) in [6.45, 7) is 32.2. The second-order valence-corrected chi connectivity index (χ2v) is 38.0. The number of aliphatic hydroxyl groups is 2. The normalized spacial score (nSPS) is 19.1. The molecule has 0 saturated carbocycles. The molecule has 0 aliphatic carbocycles. The second-order valence-electron chi connectivity index (χ2n) is 38.0. The van der Waals surface area contributed by atoms with Gasteiger partial charge in [0.1, 0.15) is 94.5 Å². The predicted octanol–water partition coefficient (Wildman–Crippen LogP) is 2.28. The summed E-state index contributed by atoms with van der Waals surface area (Å²) < 4.78 is 43.6. The Morgan fingerprint density at radius 1 is 0.403 bits per heavy atom. The van der Waals surface area contributed by atoms with Crippen molar-refractivity contribution in [2.45, 2.75) is 348 Å². The Morgan fingerprint density at radius 2 is 0.784 bits per heavy atom. The van der Waals surface area contributed by atoms with Gasteiger partial charge in [-0.3, -0.25) is 57.5 Å². The molecule has 44 nitrogen and oxygen atoms in total. The maximum absolute atomic E-state index is 15.5. The average Bonchev–Trinajstić information content (AvgIpc) is 0.946. The zero-order chi connectivity index (χ0) is 101. The second kappa shape index (κ2) is 60.4. The van der Waals surface area contributed by atoms with Crippen molar-refractivity contribution in [3.05, 3.63) is 35.9 Å². The van der Waals surface area contributed by atoms with Crippen LogP contribution in [0.4, 0.5) is 24.0 Å². The zero-order valence-corrected chi connectivity index (χ0v) is 82.2. The van der Waals surface area contributed by atoms with Crippen molar-refractivity contribution in [1.82, 2.24) is 90.4 Å². The Hall–Kier alpha value is -11.0. The van der Waals surface area contributed by atoms with E-state index in [1.807, 2.05) is 13.8 Å². The fourth-order valence-corrected chi connectivity index (χ4v) is 12.6. The summed E-state index contributed by atoms with van der Waals surface area (Å²) in [5.41, 5.74) is -4.66. The number of aliphatic hydroxyl groups excluding tert-OH is 2. The van der Waals surface area contributed by atoms with Gasteiger partial charge >= 0.3 is 30.5 Å². The monoisotopic (exact) mass is 1910 g/mol. The molecule has 17 amide bonds. The molecule has 1 aromatic rings. The lowest BCUT2D eigenvalue weighted by atomic mass is 10.00. The van der Waals surface area contributed by atoms with Crippen molar-refractivity contribution in [3.63, 3.8) is 0 Å². The molecule has 1 aliphatic rings.